The highest BCUT2D eigenvalue weighted by Crippen LogP contribution is 2.25. The lowest BCUT2D eigenvalue weighted by Gasteiger charge is -2.02. The topological polar surface area (TPSA) is 40.2 Å². The summed E-state index contributed by atoms with van der Waals surface area (Å²) in [6.45, 7) is 2.03. The minimum Gasteiger partial charge on any atom is -0.358 e. The lowest BCUT2D eigenvalue weighted by Crippen LogP contribution is -1.91. The first-order chi connectivity index (χ1) is 10.1. The number of fused-ring (bicyclic) bond motifs is 1. The van der Waals surface area contributed by atoms with Gasteiger partial charge in [-0.1, -0.05) is 41.4 Å². The number of anilines is 1. The molecule has 0 aliphatic rings. The van der Waals surface area contributed by atoms with Crippen LogP contribution < -0.4 is 5.43 Å². The van der Waals surface area contributed by atoms with Gasteiger partial charge in [-0.25, -0.2) is 0 Å². The molecule has 0 fully saturated rings. The predicted molar refractivity (Wildman–Crippen MR) is 90.7 cm³/mol. The number of nitrogens with zero attached hydrogens (tertiary/aromatic N) is 1. The summed E-state index contributed by atoms with van der Waals surface area (Å²) in [7, 11) is 0. The maximum absolute atomic E-state index is 5.97. The molecule has 0 aliphatic heterocycles. The molecule has 0 amide bonds. The second-order valence-corrected chi connectivity index (χ2v) is 5.52. The summed E-state index contributed by atoms with van der Waals surface area (Å²) >= 11 is 11.8. The number of aryl methyl sites for hydroxylation is 1. The van der Waals surface area contributed by atoms with E-state index in [9.17, 15) is 0 Å². The van der Waals surface area contributed by atoms with Crippen molar-refractivity contribution in [2.24, 2.45) is 5.10 Å². The van der Waals surface area contributed by atoms with Crippen LogP contribution in [0.25, 0.3) is 10.9 Å². The van der Waals surface area contributed by atoms with E-state index in [1.807, 2.05) is 31.2 Å². The number of aromatic amines is 1. The SMILES string of the molecule is Cc1[nH]c2ccccc2c1C=NNc1ccc(Cl)c(Cl)c1. The van der Waals surface area contributed by atoms with Crippen molar-refractivity contribution < 1.29 is 0 Å². The van der Waals surface area contributed by atoms with E-state index in [2.05, 4.69) is 21.6 Å². The van der Waals surface area contributed by atoms with E-state index in [4.69, 9.17) is 23.2 Å². The molecule has 0 unspecified atom stereocenters. The van der Waals surface area contributed by atoms with E-state index in [1.54, 1.807) is 18.3 Å². The quantitative estimate of drug-likeness (QED) is 0.504. The number of rotatable bonds is 3. The Kier molecular flexibility index (Phi) is 3.86. The Morgan fingerprint density at radius 1 is 1.10 bits per heavy atom. The maximum atomic E-state index is 5.97. The fourth-order valence-electron chi connectivity index (χ4n) is 2.20. The first kappa shape index (κ1) is 14.0. The molecule has 0 spiro atoms. The summed E-state index contributed by atoms with van der Waals surface area (Å²) in [6, 6.07) is 13.4. The molecular formula is C16H13Cl2N3. The van der Waals surface area contributed by atoms with Crippen LogP contribution >= 0.6 is 23.2 Å². The van der Waals surface area contributed by atoms with Crippen molar-refractivity contribution in [2.45, 2.75) is 6.92 Å². The molecule has 0 bridgehead atoms. The number of benzene rings is 2. The van der Waals surface area contributed by atoms with Crippen LogP contribution in [0.3, 0.4) is 0 Å². The minimum absolute atomic E-state index is 0.500. The Balaban J connectivity index is 1.84. The van der Waals surface area contributed by atoms with Crippen LogP contribution in [0.1, 0.15) is 11.3 Å². The van der Waals surface area contributed by atoms with Gasteiger partial charge in [-0.15, -0.1) is 0 Å². The highest BCUT2D eigenvalue weighted by molar-refractivity contribution is 6.42. The molecule has 2 N–H and O–H groups in total. The van der Waals surface area contributed by atoms with Crippen LogP contribution in [0.4, 0.5) is 5.69 Å². The van der Waals surface area contributed by atoms with Crippen LogP contribution in [0.5, 0.6) is 0 Å². The van der Waals surface area contributed by atoms with Crippen LogP contribution in [0, 0.1) is 6.92 Å². The molecule has 0 radical (unpaired) electrons. The van der Waals surface area contributed by atoms with Gasteiger partial charge in [-0.05, 0) is 31.2 Å². The highest BCUT2D eigenvalue weighted by Gasteiger charge is 2.05. The molecule has 2 aromatic carbocycles. The van der Waals surface area contributed by atoms with Crippen LogP contribution in [-0.4, -0.2) is 11.2 Å². The number of hydrogen-bond donors (Lipinski definition) is 2. The molecule has 1 heterocycles. The molecule has 5 heteroatoms. The van der Waals surface area contributed by atoms with Crippen molar-refractivity contribution in [2.75, 3.05) is 5.43 Å². The van der Waals surface area contributed by atoms with Gasteiger partial charge >= 0.3 is 0 Å². The number of H-pyrrole nitrogens is 1. The lowest BCUT2D eigenvalue weighted by atomic mass is 10.1. The van der Waals surface area contributed by atoms with E-state index < -0.39 is 0 Å². The fourth-order valence-corrected chi connectivity index (χ4v) is 2.50. The van der Waals surface area contributed by atoms with Crippen LogP contribution in [0.15, 0.2) is 47.6 Å². The third-order valence-corrected chi connectivity index (χ3v) is 3.99. The highest BCUT2D eigenvalue weighted by atomic mass is 35.5. The summed E-state index contributed by atoms with van der Waals surface area (Å²) in [5.41, 5.74) is 7.00. The number of aromatic nitrogens is 1. The molecule has 3 aromatic rings. The Morgan fingerprint density at radius 2 is 1.90 bits per heavy atom. The second-order valence-electron chi connectivity index (χ2n) is 4.71. The van der Waals surface area contributed by atoms with Crippen molar-refractivity contribution in [3.05, 3.63) is 63.8 Å². The number of hydrazone groups is 1. The fraction of sp³-hybridized carbons (Fsp3) is 0.0625. The van der Waals surface area contributed by atoms with Gasteiger partial charge in [-0.2, -0.15) is 5.10 Å². The van der Waals surface area contributed by atoms with E-state index in [0.29, 0.717) is 10.0 Å². The van der Waals surface area contributed by atoms with E-state index in [0.717, 1.165) is 27.8 Å². The normalized spacial score (nSPS) is 11.4. The van der Waals surface area contributed by atoms with Gasteiger partial charge in [0.1, 0.15) is 0 Å². The van der Waals surface area contributed by atoms with Crippen molar-refractivity contribution in [3.63, 3.8) is 0 Å². The lowest BCUT2D eigenvalue weighted by molar-refractivity contribution is 1.28. The summed E-state index contributed by atoms with van der Waals surface area (Å²) in [4.78, 5) is 3.33. The number of nitrogens with one attached hydrogen (secondary N) is 2. The van der Waals surface area contributed by atoms with Crippen molar-refractivity contribution in [1.29, 1.82) is 0 Å². The van der Waals surface area contributed by atoms with E-state index in [1.165, 1.54) is 0 Å². The molecule has 3 nitrogen and oxygen atoms in total. The minimum atomic E-state index is 0.500. The van der Waals surface area contributed by atoms with Crippen LogP contribution in [-0.2, 0) is 0 Å². The molecule has 106 valence electrons. The number of para-hydroxylation sites is 1. The Morgan fingerprint density at radius 3 is 2.71 bits per heavy atom. The maximum Gasteiger partial charge on any atom is 0.0613 e. The zero-order chi connectivity index (χ0) is 14.8. The van der Waals surface area contributed by atoms with Crippen molar-refractivity contribution >= 4 is 46.0 Å². The smallest absolute Gasteiger partial charge is 0.0613 e. The predicted octanol–water partition coefficient (Wildman–Crippen LogP) is 5.23. The monoisotopic (exact) mass is 317 g/mol. The van der Waals surface area contributed by atoms with E-state index in [-0.39, 0.29) is 0 Å². The summed E-state index contributed by atoms with van der Waals surface area (Å²) in [6.07, 6.45) is 1.80. The summed E-state index contributed by atoms with van der Waals surface area (Å²) < 4.78 is 0. The number of hydrogen-bond acceptors (Lipinski definition) is 2. The van der Waals surface area contributed by atoms with Crippen molar-refractivity contribution in [3.8, 4) is 0 Å². The molecule has 21 heavy (non-hydrogen) atoms. The van der Waals surface area contributed by atoms with Gasteiger partial charge in [0.05, 0.1) is 21.9 Å². The third-order valence-electron chi connectivity index (χ3n) is 3.25. The van der Waals surface area contributed by atoms with Gasteiger partial charge in [0, 0.05) is 22.2 Å². The molecule has 1 aromatic heterocycles. The number of halogens is 2. The molecule has 0 saturated heterocycles. The van der Waals surface area contributed by atoms with Gasteiger partial charge in [0.2, 0.25) is 0 Å². The second kappa shape index (κ2) is 5.80. The molecule has 3 rings (SSSR count). The molecule has 0 atom stereocenters. The Hall–Kier alpha value is -1.97. The van der Waals surface area contributed by atoms with Gasteiger partial charge in [0.25, 0.3) is 0 Å². The Labute approximate surface area is 132 Å². The molecular weight excluding hydrogens is 305 g/mol. The standard InChI is InChI=1S/C16H13Cl2N3/c1-10-13(12-4-2-3-5-16(12)20-10)9-19-21-11-6-7-14(17)15(18)8-11/h2-9,20-21H,1H3. The average Bonchev–Trinajstić information content (AvgIpc) is 2.79. The summed E-state index contributed by atoms with van der Waals surface area (Å²) in [5, 5.41) is 6.44. The molecule has 0 saturated carbocycles. The average molecular weight is 318 g/mol. The zero-order valence-electron chi connectivity index (χ0n) is 11.3. The van der Waals surface area contributed by atoms with Gasteiger partial charge in [0.15, 0.2) is 0 Å². The van der Waals surface area contributed by atoms with E-state index >= 15 is 0 Å². The van der Waals surface area contributed by atoms with Gasteiger partial charge < -0.3 is 4.98 Å². The Bertz CT molecular complexity index is 822. The van der Waals surface area contributed by atoms with Crippen LogP contribution in [0.2, 0.25) is 10.0 Å². The van der Waals surface area contributed by atoms with Gasteiger partial charge in [-0.3, -0.25) is 5.43 Å². The largest absolute Gasteiger partial charge is 0.358 e. The third kappa shape index (κ3) is 2.89. The first-order valence-corrected chi connectivity index (χ1v) is 7.22. The van der Waals surface area contributed by atoms with Crippen molar-refractivity contribution in [1.82, 2.24) is 4.98 Å². The summed E-state index contributed by atoms with van der Waals surface area (Å²) in [5.74, 6) is 0. The zero-order valence-corrected chi connectivity index (χ0v) is 12.8. The molecule has 0 aliphatic carbocycles. The first-order valence-electron chi connectivity index (χ1n) is 6.46.